The number of nitrogens with one attached hydrogen (secondary N) is 1. The summed E-state index contributed by atoms with van der Waals surface area (Å²) in [6.07, 6.45) is -1.54. The van der Waals surface area contributed by atoms with Crippen LogP contribution in [0.3, 0.4) is 0 Å². The minimum Gasteiger partial charge on any atom is -0.348 e. The van der Waals surface area contributed by atoms with Crippen molar-refractivity contribution >= 4 is 5.91 Å². The van der Waals surface area contributed by atoms with Gasteiger partial charge in [0.2, 0.25) is 0 Å². The molecule has 1 aliphatic carbocycles. The molecule has 0 bridgehead atoms. The quantitative estimate of drug-likeness (QED) is 0.740. The van der Waals surface area contributed by atoms with Crippen LogP contribution in [0.4, 0.5) is 13.2 Å². The van der Waals surface area contributed by atoms with Gasteiger partial charge in [-0.05, 0) is 31.6 Å². The van der Waals surface area contributed by atoms with Gasteiger partial charge in [-0.2, -0.15) is 13.2 Å². The van der Waals surface area contributed by atoms with Crippen molar-refractivity contribution in [3.63, 3.8) is 0 Å². The van der Waals surface area contributed by atoms with E-state index in [2.05, 4.69) is 0 Å². The van der Waals surface area contributed by atoms with Crippen LogP contribution >= 0.6 is 0 Å². The summed E-state index contributed by atoms with van der Waals surface area (Å²) >= 11 is 0. The summed E-state index contributed by atoms with van der Waals surface area (Å²) in [5.41, 5.74) is 5.65. The Morgan fingerprint density at radius 2 is 1.80 bits per heavy atom. The maximum absolute atomic E-state index is 11.8. The summed E-state index contributed by atoms with van der Waals surface area (Å²) in [5, 5.41) is 1.90. The summed E-state index contributed by atoms with van der Waals surface area (Å²) in [6, 6.07) is 0.166. The Labute approximate surface area is 86.2 Å². The van der Waals surface area contributed by atoms with Gasteiger partial charge in [0.25, 0.3) is 0 Å². The maximum atomic E-state index is 11.8. The number of amides is 1. The van der Waals surface area contributed by atoms with E-state index in [4.69, 9.17) is 5.73 Å². The highest BCUT2D eigenvalue weighted by Gasteiger charge is 2.38. The molecular formula is C9H15F3N2O. The van der Waals surface area contributed by atoms with E-state index < -0.39 is 12.1 Å². The first-order valence-corrected chi connectivity index (χ1v) is 5.00. The van der Waals surface area contributed by atoms with Gasteiger partial charge in [0.05, 0.1) is 0 Å². The van der Waals surface area contributed by atoms with E-state index >= 15 is 0 Å². The highest BCUT2D eigenvalue weighted by atomic mass is 19.4. The maximum Gasteiger partial charge on any atom is 0.471 e. The molecule has 3 N–H and O–H groups in total. The molecule has 0 aromatic heterocycles. The molecule has 1 rings (SSSR count). The largest absolute Gasteiger partial charge is 0.471 e. The Balaban J connectivity index is 2.23. The summed E-state index contributed by atoms with van der Waals surface area (Å²) in [5.74, 6) is -1.71. The summed E-state index contributed by atoms with van der Waals surface area (Å²) in [6.45, 7) is 0.102. The number of hydrogen-bond donors (Lipinski definition) is 2. The molecule has 1 aliphatic rings. The molecular weight excluding hydrogens is 209 g/mol. The molecule has 88 valence electrons. The molecule has 0 radical (unpaired) electrons. The fraction of sp³-hybridized carbons (Fsp3) is 0.889. The van der Waals surface area contributed by atoms with E-state index in [1.165, 1.54) is 0 Å². The van der Waals surface area contributed by atoms with Crippen LogP contribution in [0.5, 0.6) is 0 Å². The second kappa shape index (κ2) is 4.83. The minimum absolute atomic E-state index is 0.102. The smallest absolute Gasteiger partial charge is 0.348 e. The Morgan fingerprint density at radius 3 is 2.27 bits per heavy atom. The molecule has 0 unspecified atom stereocenters. The van der Waals surface area contributed by atoms with Gasteiger partial charge >= 0.3 is 12.1 Å². The third-order valence-electron chi connectivity index (χ3n) is 2.70. The Morgan fingerprint density at radius 1 is 1.27 bits per heavy atom. The monoisotopic (exact) mass is 224 g/mol. The number of nitrogens with two attached hydrogens (primary N) is 1. The van der Waals surface area contributed by atoms with E-state index in [1.54, 1.807) is 0 Å². The van der Waals surface area contributed by atoms with Gasteiger partial charge in [0, 0.05) is 12.6 Å². The minimum atomic E-state index is -4.77. The lowest BCUT2D eigenvalue weighted by molar-refractivity contribution is -0.173. The van der Waals surface area contributed by atoms with E-state index in [-0.39, 0.29) is 18.5 Å². The van der Waals surface area contributed by atoms with E-state index in [0.717, 1.165) is 25.7 Å². The van der Waals surface area contributed by atoms with Gasteiger partial charge in [0.1, 0.15) is 0 Å². The van der Waals surface area contributed by atoms with Crippen molar-refractivity contribution in [1.29, 1.82) is 0 Å². The Hall–Kier alpha value is -0.780. The molecule has 0 aromatic rings. The molecule has 1 fully saturated rings. The van der Waals surface area contributed by atoms with Crippen molar-refractivity contribution in [2.45, 2.75) is 37.9 Å². The highest BCUT2D eigenvalue weighted by Crippen LogP contribution is 2.23. The number of rotatable bonds is 2. The molecule has 1 amide bonds. The zero-order valence-electron chi connectivity index (χ0n) is 8.31. The number of carbonyl (C=O) groups is 1. The lowest BCUT2D eigenvalue weighted by Crippen LogP contribution is -2.40. The van der Waals surface area contributed by atoms with Crippen LogP contribution in [0, 0.1) is 5.92 Å². The van der Waals surface area contributed by atoms with Crippen molar-refractivity contribution < 1.29 is 18.0 Å². The van der Waals surface area contributed by atoms with Crippen LogP contribution in [0.15, 0.2) is 0 Å². The fourth-order valence-corrected chi connectivity index (χ4v) is 1.73. The molecule has 0 spiro atoms. The Kier molecular flexibility index (Phi) is 3.96. The Bertz CT molecular complexity index is 222. The van der Waals surface area contributed by atoms with Gasteiger partial charge in [0.15, 0.2) is 0 Å². The molecule has 6 heteroatoms. The van der Waals surface area contributed by atoms with Crippen LogP contribution < -0.4 is 11.1 Å². The second-order valence-electron chi connectivity index (χ2n) is 3.99. The van der Waals surface area contributed by atoms with Crippen LogP contribution in [-0.4, -0.2) is 24.7 Å². The molecule has 0 atom stereocenters. The second-order valence-corrected chi connectivity index (χ2v) is 3.99. The van der Waals surface area contributed by atoms with Gasteiger partial charge in [-0.25, -0.2) is 0 Å². The topological polar surface area (TPSA) is 55.1 Å². The lowest BCUT2D eigenvalue weighted by atomic mass is 9.86. The van der Waals surface area contributed by atoms with Crippen molar-refractivity contribution in [3.05, 3.63) is 0 Å². The summed E-state index contributed by atoms with van der Waals surface area (Å²) in [4.78, 5) is 10.5. The first-order valence-electron chi connectivity index (χ1n) is 5.00. The van der Waals surface area contributed by atoms with Crippen molar-refractivity contribution in [2.24, 2.45) is 11.7 Å². The first-order chi connectivity index (χ1) is 6.89. The average Bonchev–Trinajstić information content (AvgIpc) is 2.15. The third kappa shape index (κ3) is 4.07. The van der Waals surface area contributed by atoms with Crippen molar-refractivity contribution in [1.82, 2.24) is 5.32 Å². The molecule has 0 aliphatic heterocycles. The molecule has 1 saturated carbocycles. The third-order valence-corrected chi connectivity index (χ3v) is 2.70. The van der Waals surface area contributed by atoms with Gasteiger partial charge in [-0.3, -0.25) is 4.79 Å². The zero-order chi connectivity index (χ0) is 11.5. The SMILES string of the molecule is N[C@H]1CC[C@@H](CNC(=O)C(F)(F)F)CC1. The molecule has 3 nitrogen and oxygen atoms in total. The zero-order valence-corrected chi connectivity index (χ0v) is 8.31. The molecule has 0 saturated heterocycles. The molecule has 0 aromatic carbocycles. The lowest BCUT2D eigenvalue weighted by Gasteiger charge is -2.26. The normalized spacial score (nSPS) is 27.5. The predicted octanol–water partition coefficient (Wildman–Crippen LogP) is 1.18. The van der Waals surface area contributed by atoms with Gasteiger partial charge < -0.3 is 11.1 Å². The van der Waals surface area contributed by atoms with Crippen molar-refractivity contribution in [2.75, 3.05) is 6.54 Å². The van der Waals surface area contributed by atoms with Crippen LogP contribution in [0.2, 0.25) is 0 Å². The summed E-state index contributed by atoms with van der Waals surface area (Å²) in [7, 11) is 0. The number of halogens is 3. The van der Waals surface area contributed by atoms with Crippen molar-refractivity contribution in [3.8, 4) is 0 Å². The molecule has 15 heavy (non-hydrogen) atoms. The number of carbonyl (C=O) groups excluding carboxylic acids is 1. The van der Waals surface area contributed by atoms with Crippen LogP contribution in [-0.2, 0) is 4.79 Å². The van der Waals surface area contributed by atoms with Gasteiger partial charge in [-0.15, -0.1) is 0 Å². The molecule has 0 heterocycles. The fourth-order valence-electron chi connectivity index (χ4n) is 1.73. The highest BCUT2D eigenvalue weighted by molar-refractivity contribution is 5.81. The predicted molar refractivity (Wildman–Crippen MR) is 49.0 cm³/mol. The number of alkyl halides is 3. The van der Waals surface area contributed by atoms with E-state index in [1.807, 2.05) is 5.32 Å². The number of hydrogen-bond acceptors (Lipinski definition) is 2. The van der Waals surface area contributed by atoms with E-state index in [9.17, 15) is 18.0 Å². The first kappa shape index (κ1) is 12.3. The summed E-state index contributed by atoms with van der Waals surface area (Å²) < 4.78 is 35.5. The standard InChI is InChI=1S/C9H15F3N2O/c10-9(11,12)8(15)14-5-6-1-3-7(13)4-2-6/h6-7H,1-5,13H2,(H,14,15)/t6-,7+. The van der Waals surface area contributed by atoms with Crippen LogP contribution in [0.1, 0.15) is 25.7 Å². The van der Waals surface area contributed by atoms with Crippen LogP contribution in [0.25, 0.3) is 0 Å². The average molecular weight is 224 g/mol. The van der Waals surface area contributed by atoms with E-state index in [0.29, 0.717) is 0 Å². The van der Waals surface area contributed by atoms with Gasteiger partial charge in [-0.1, -0.05) is 0 Å².